The van der Waals surface area contributed by atoms with Crippen LogP contribution in [0.25, 0.3) is 0 Å². The van der Waals surface area contributed by atoms with E-state index in [9.17, 15) is 53.7 Å². The van der Waals surface area contributed by atoms with Crippen molar-refractivity contribution in [3.63, 3.8) is 0 Å². The third kappa shape index (κ3) is 18.4. The molecule has 0 saturated heterocycles. The van der Waals surface area contributed by atoms with Crippen molar-refractivity contribution in [3.05, 3.63) is 65.7 Å². The van der Waals surface area contributed by atoms with E-state index in [0.29, 0.717) is 5.56 Å². The summed E-state index contributed by atoms with van der Waals surface area (Å²) in [4.78, 5) is 105. The Kier molecular flexibility index (Phi) is 20.8. The molecule has 0 bridgehead atoms. The number of primary amides is 1. The molecule has 2 aromatic carbocycles. The maximum absolute atomic E-state index is 13.9. The zero-order chi connectivity index (χ0) is 46.0. The second kappa shape index (κ2) is 24.9. The number of nitrogens with one attached hydrogen (secondary N) is 6. The van der Waals surface area contributed by atoms with Crippen molar-refractivity contribution < 1.29 is 53.7 Å². The van der Waals surface area contributed by atoms with Gasteiger partial charge < -0.3 is 58.7 Å². The van der Waals surface area contributed by atoms with Crippen LogP contribution in [0.3, 0.4) is 0 Å². The Morgan fingerprint density at radius 1 is 0.574 bits per heavy atom. The van der Waals surface area contributed by atoms with E-state index in [0.717, 1.165) is 5.56 Å². The summed E-state index contributed by atoms with van der Waals surface area (Å²) in [5.74, 6) is -7.41. The second-order valence-electron chi connectivity index (χ2n) is 16.0. The Bertz CT molecular complexity index is 1810. The fourth-order valence-electron chi connectivity index (χ4n) is 6.14. The smallest absolute Gasteiger partial charge is 0.328 e. The van der Waals surface area contributed by atoms with Crippen LogP contribution in [0.15, 0.2) is 54.6 Å². The molecule has 2 rings (SSSR count). The van der Waals surface area contributed by atoms with Gasteiger partial charge in [0, 0.05) is 12.8 Å². The number of aromatic hydroxyl groups is 1. The van der Waals surface area contributed by atoms with Crippen molar-refractivity contribution in [1.82, 2.24) is 31.9 Å². The topological polar surface area (TPSA) is 321 Å². The van der Waals surface area contributed by atoms with Gasteiger partial charge in [0.2, 0.25) is 41.4 Å². The average Bonchev–Trinajstić information content (AvgIpc) is 3.17. The van der Waals surface area contributed by atoms with E-state index in [1.807, 2.05) is 6.07 Å². The molecule has 0 spiro atoms. The number of amides is 7. The second-order valence-corrected chi connectivity index (χ2v) is 16.0. The summed E-state index contributed by atoms with van der Waals surface area (Å²) in [6.07, 6.45) is -1.83. The van der Waals surface area contributed by atoms with Gasteiger partial charge in [-0.25, -0.2) is 4.79 Å². The first-order valence-electron chi connectivity index (χ1n) is 20.2. The average molecular weight is 855 g/mol. The summed E-state index contributed by atoms with van der Waals surface area (Å²) in [6, 6.07) is 5.70. The molecule has 2 aromatic rings. The van der Waals surface area contributed by atoms with Crippen molar-refractivity contribution in [3.8, 4) is 5.75 Å². The van der Waals surface area contributed by atoms with Crippen LogP contribution in [-0.2, 0) is 51.2 Å². The number of aliphatic carboxylic acids is 1. The molecule has 0 aliphatic rings. The van der Waals surface area contributed by atoms with Crippen LogP contribution >= 0.6 is 0 Å². The summed E-state index contributed by atoms with van der Waals surface area (Å²) in [7, 11) is 0. The molecule has 0 aliphatic heterocycles. The number of carbonyl (C=O) groups excluding carboxylic acids is 7. The Morgan fingerprint density at radius 2 is 1.03 bits per heavy atom. The van der Waals surface area contributed by atoms with Crippen LogP contribution < -0.4 is 43.4 Å². The van der Waals surface area contributed by atoms with Crippen LogP contribution in [0.5, 0.6) is 5.75 Å². The summed E-state index contributed by atoms with van der Waals surface area (Å²) in [5.41, 5.74) is 12.9. The molecule has 0 radical (unpaired) electrons. The first kappa shape index (κ1) is 51.1. The molecular weight excluding hydrogens is 793 g/mol. The maximum Gasteiger partial charge on any atom is 0.328 e. The minimum absolute atomic E-state index is 0.0285. The highest BCUT2D eigenvalue weighted by Crippen LogP contribution is 2.14. The number of carbonyl (C=O) groups is 8. The van der Waals surface area contributed by atoms with Gasteiger partial charge in [0.25, 0.3) is 0 Å². The fraction of sp³-hybridized carbons (Fsp3) is 0.524. The lowest BCUT2D eigenvalue weighted by atomic mass is 10.0. The Hall–Kier alpha value is -6.08. The van der Waals surface area contributed by atoms with Gasteiger partial charge >= 0.3 is 5.97 Å². The number of carboxylic acid groups (broad SMARTS) is 1. The molecule has 0 unspecified atom stereocenters. The normalized spacial score (nSPS) is 15.1. The number of hydrogen-bond acceptors (Lipinski definition) is 11. The van der Waals surface area contributed by atoms with Gasteiger partial charge in [-0.2, -0.15) is 0 Å². The van der Waals surface area contributed by atoms with Gasteiger partial charge in [-0.3, -0.25) is 33.6 Å². The van der Waals surface area contributed by atoms with Gasteiger partial charge in [0.15, 0.2) is 6.04 Å². The quantitative estimate of drug-likeness (QED) is 0.0589. The SMILES string of the molecule is CC(C)C[C@H](NC(=O)[C@H](C)NC(=O)[C@H](CC(C)C)NC(=O)[C@H](CCC(N)=O)NC(=O)[C@H](Cc1ccc(O)cc1)NC(=O)[C@@H](N)Cc1ccccc1)C(=O)N[C@H](C(=O)O)[C@@H](C)O. The minimum Gasteiger partial charge on any atom is -0.508 e. The molecule has 7 amide bonds. The molecule has 336 valence electrons. The lowest BCUT2D eigenvalue weighted by Crippen LogP contribution is -2.60. The first-order chi connectivity index (χ1) is 28.6. The van der Waals surface area contributed by atoms with Crippen LogP contribution in [0, 0.1) is 11.8 Å². The number of aliphatic hydroxyl groups excluding tert-OH is 1. The number of phenolic OH excluding ortho intramolecular Hbond substituents is 1. The number of hydrogen-bond donors (Lipinski definition) is 11. The van der Waals surface area contributed by atoms with E-state index in [1.54, 1.807) is 64.1 Å². The third-order valence-corrected chi connectivity index (χ3v) is 9.44. The highest BCUT2D eigenvalue weighted by molar-refractivity contribution is 5.97. The van der Waals surface area contributed by atoms with E-state index in [-0.39, 0.29) is 56.1 Å². The predicted molar refractivity (Wildman–Crippen MR) is 224 cm³/mol. The van der Waals surface area contributed by atoms with Crippen molar-refractivity contribution >= 4 is 47.3 Å². The molecule has 61 heavy (non-hydrogen) atoms. The van der Waals surface area contributed by atoms with Crippen LogP contribution in [0.1, 0.15) is 78.4 Å². The fourth-order valence-corrected chi connectivity index (χ4v) is 6.14. The summed E-state index contributed by atoms with van der Waals surface area (Å²) in [6.45, 7) is 9.63. The van der Waals surface area contributed by atoms with Crippen molar-refractivity contribution in [2.24, 2.45) is 23.3 Å². The zero-order valence-electron chi connectivity index (χ0n) is 35.5. The molecule has 19 heteroatoms. The molecule has 0 aliphatic carbocycles. The van der Waals surface area contributed by atoms with Crippen LogP contribution in [0.4, 0.5) is 0 Å². The van der Waals surface area contributed by atoms with Crippen molar-refractivity contribution in [1.29, 1.82) is 0 Å². The molecule has 0 heterocycles. The number of nitrogens with two attached hydrogens (primary N) is 2. The van der Waals surface area contributed by atoms with E-state index >= 15 is 0 Å². The van der Waals surface area contributed by atoms with Crippen LogP contribution in [0.2, 0.25) is 0 Å². The first-order valence-corrected chi connectivity index (χ1v) is 20.2. The van der Waals surface area contributed by atoms with Crippen molar-refractivity contribution in [2.45, 2.75) is 128 Å². The lowest BCUT2D eigenvalue weighted by Gasteiger charge is -2.28. The molecule has 0 aromatic heterocycles. The summed E-state index contributed by atoms with van der Waals surface area (Å²) in [5, 5.41) is 44.1. The van der Waals surface area contributed by atoms with Crippen LogP contribution in [-0.4, -0.2) is 111 Å². The third-order valence-electron chi connectivity index (χ3n) is 9.44. The number of phenols is 1. The number of rotatable bonds is 25. The van der Waals surface area contributed by atoms with E-state index in [1.165, 1.54) is 26.0 Å². The summed E-state index contributed by atoms with van der Waals surface area (Å²) >= 11 is 0. The van der Waals surface area contributed by atoms with Gasteiger partial charge in [-0.1, -0.05) is 70.2 Å². The summed E-state index contributed by atoms with van der Waals surface area (Å²) < 4.78 is 0. The number of benzene rings is 2. The van der Waals surface area contributed by atoms with E-state index in [4.69, 9.17) is 11.5 Å². The predicted octanol–water partition coefficient (Wildman–Crippen LogP) is -0.743. The van der Waals surface area contributed by atoms with Crippen molar-refractivity contribution in [2.75, 3.05) is 0 Å². The number of carboxylic acids is 1. The minimum atomic E-state index is -1.64. The number of aliphatic hydroxyl groups is 1. The molecule has 19 nitrogen and oxygen atoms in total. The van der Waals surface area contributed by atoms with E-state index < -0.39 is 95.7 Å². The standard InChI is InChI=1S/C42H62N8O11/c1-22(2)18-31(39(57)45-24(5)36(54)47-32(19-23(3)4)41(59)50-35(25(6)51)42(60)61)49-38(56)30(16-17-34(44)53)46-40(58)33(21-27-12-14-28(52)15-13-27)48-37(55)29(43)20-26-10-8-7-9-11-26/h7-15,22-25,29-33,35,51-52H,16-21,43H2,1-6H3,(H2,44,53)(H,45,57)(H,46,58)(H,47,54)(H,48,55)(H,49,56)(H,50,59)(H,60,61)/t24-,25+,29-,30-,31-,32-,33-,35-/m0/s1. The van der Waals surface area contributed by atoms with Gasteiger partial charge in [0.05, 0.1) is 12.1 Å². The van der Waals surface area contributed by atoms with Gasteiger partial charge in [-0.05, 0) is 74.6 Å². The highest BCUT2D eigenvalue weighted by atomic mass is 16.4. The molecule has 0 saturated carbocycles. The van der Waals surface area contributed by atoms with Gasteiger partial charge in [0.1, 0.15) is 36.0 Å². The molecule has 0 fully saturated rings. The Labute approximate surface area is 355 Å². The monoisotopic (exact) mass is 854 g/mol. The molecular formula is C42H62N8O11. The maximum atomic E-state index is 13.9. The lowest BCUT2D eigenvalue weighted by molar-refractivity contribution is -0.145. The van der Waals surface area contributed by atoms with E-state index in [2.05, 4.69) is 31.9 Å². The molecule has 8 atom stereocenters. The zero-order valence-corrected chi connectivity index (χ0v) is 35.5. The largest absolute Gasteiger partial charge is 0.508 e. The molecule has 13 N–H and O–H groups in total. The van der Waals surface area contributed by atoms with Gasteiger partial charge in [-0.15, -0.1) is 0 Å². The highest BCUT2D eigenvalue weighted by Gasteiger charge is 2.34. The Morgan fingerprint density at radius 3 is 1.54 bits per heavy atom. The Balaban J connectivity index is 2.29.